The molecule has 1 saturated heterocycles. The number of aromatic nitrogens is 1. The Labute approximate surface area is 96.5 Å². The van der Waals surface area contributed by atoms with Crippen molar-refractivity contribution in [2.75, 3.05) is 6.61 Å². The highest BCUT2D eigenvalue weighted by molar-refractivity contribution is 7.09. The number of nitrogens with zero attached hydrogens (tertiary/aromatic N) is 1. The van der Waals surface area contributed by atoms with E-state index in [1.807, 2.05) is 29.6 Å². The summed E-state index contributed by atoms with van der Waals surface area (Å²) >= 11 is 7.48. The van der Waals surface area contributed by atoms with Gasteiger partial charge in [-0.1, -0.05) is 23.7 Å². The Morgan fingerprint density at radius 3 is 2.60 bits per heavy atom. The average molecular weight is 238 g/mol. The van der Waals surface area contributed by atoms with Crippen LogP contribution in [0.1, 0.15) is 10.6 Å². The van der Waals surface area contributed by atoms with Gasteiger partial charge in [0.2, 0.25) is 0 Å². The van der Waals surface area contributed by atoms with Gasteiger partial charge in [0.1, 0.15) is 5.01 Å². The molecule has 76 valence electrons. The highest BCUT2D eigenvalue weighted by Gasteiger charge is 2.50. The number of halogens is 1. The van der Waals surface area contributed by atoms with Crippen LogP contribution in [-0.2, 0) is 10.3 Å². The van der Waals surface area contributed by atoms with E-state index in [0.717, 1.165) is 15.6 Å². The van der Waals surface area contributed by atoms with E-state index in [2.05, 4.69) is 4.98 Å². The smallest absolute Gasteiger partial charge is 0.168 e. The molecule has 4 heteroatoms. The summed E-state index contributed by atoms with van der Waals surface area (Å²) in [4.78, 5) is 4.31. The van der Waals surface area contributed by atoms with Crippen molar-refractivity contribution in [3.05, 3.63) is 51.4 Å². The molecule has 1 aromatic carbocycles. The Bertz CT molecular complexity index is 462. The molecule has 1 atom stereocenters. The van der Waals surface area contributed by atoms with E-state index in [4.69, 9.17) is 16.3 Å². The molecule has 1 unspecified atom stereocenters. The first-order valence-corrected chi connectivity index (χ1v) is 5.87. The largest absolute Gasteiger partial charge is 0.357 e. The van der Waals surface area contributed by atoms with Gasteiger partial charge in [0, 0.05) is 16.6 Å². The molecule has 0 radical (unpaired) electrons. The summed E-state index contributed by atoms with van der Waals surface area (Å²) in [6.07, 6.45) is 1.80. The maximum absolute atomic E-state index is 5.85. The molecule has 0 bridgehead atoms. The van der Waals surface area contributed by atoms with E-state index in [1.54, 1.807) is 17.5 Å². The summed E-state index contributed by atoms with van der Waals surface area (Å²) < 4.78 is 5.57. The molecule has 0 N–H and O–H groups in total. The fraction of sp³-hybridized carbons (Fsp3) is 0.182. The molecule has 3 rings (SSSR count). The number of benzene rings is 1. The number of thiazole rings is 1. The number of rotatable bonds is 2. The summed E-state index contributed by atoms with van der Waals surface area (Å²) in [5, 5.41) is 3.73. The minimum Gasteiger partial charge on any atom is -0.357 e. The van der Waals surface area contributed by atoms with Crippen LogP contribution in [0, 0.1) is 0 Å². The number of ether oxygens (including phenoxy) is 1. The van der Waals surface area contributed by atoms with Crippen LogP contribution in [-0.4, -0.2) is 11.6 Å². The molecule has 2 aromatic rings. The number of epoxide rings is 1. The predicted molar refractivity (Wildman–Crippen MR) is 60.3 cm³/mol. The monoisotopic (exact) mass is 237 g/mol. The van der Waals surface area contributed by atoms with Gasteiger partial charge in [-0.3, -0.25) is 0 Å². The first-order valence-electron chi connectivity index (χ1n) is 4.61. The van der Waals surface area contributed by atoms with E-state index < -0.39 is 0 Å². The lowest BCUT2D eigenvalue weighted by Crippen LogP contribution is -2.09. The second-order valence-corrected chi connectivity index (χ2v) is 4.79. The lowest BCUT2D eigenvalue weighted by molar-refractivity contribution is 0.348. The van der Waals surface area contributed by atoms with Crippen molar-refractivity contribution in [2.45, 2.75) is 5.60 Å². The molecule has 0 spiro atoms. The van der Waals surface area contributed by atoms with Crippen LogP contribution in [0.3, 0.4) is 0 Å². The Kier molecular flexibility index (Phi) is 2.06. The normalized spacial score (nSPS) is 24.1. The Hall–Kier alpha value is -0.900. The van der Waals surface area contributed by atoms with Gasteiger partial charge in [-0.15, -0.1) is 11.3 Å². The molecular weight excluding hydrogens is 230 g/mol. The lowest BCUT2D eigenvalue weighted by atomic mass is 10.0. The van der Waals surface area contributed by atoms with E-state index in [-0.39, 0.29) is 5.60 Å². The van der Waals surface area contributed by atoms with E-state index in [0.29, 0.717) is 6.61 Å². The molecule has 15 heavy (non-hydrogen) atoms. The molecular formula is C11H8ClNOS. The molecule has 0 amide bonds. The minimum absolute atomic E-state index is 0.293. The van der Waals surface area contributed by atoms with E-state index in [1.165, 1.54) is 0 Å². The van der Waals surface area contributed by atoms with Crippen molar-refractivity contribution in [1.82, 2.24) is 4.98 Å². The van der Waals surface area contributed by atoms with Crippen molar-refractivity contribution >= 4 is 22.9 Å². The molecule has 1 aliphatic rings. The molecule has 0 aliphatic carbocycles. The second-order valence-electron chi connectivity index (χ2n) is 3.46. The summed E-state index contributed by atoms with van der Waals surface area (Å²) in [7, 11) is 0. The molecule has 1 fully saturated rings. The minimum atomic E-state index is -0.293. The summed E-state index contributed by atoms with van der Waals surface area (Å²) in [5.41, 5.74) is 0.834. The topological polar surface area (TPSA) is 25.4 Å². The van der Waals surface area contributed by atoms with Gasteiger partial charge in [-0.2, -0.15) is 0 Å². The molecule has 2 heterocycles. The highest BCUT2D eigenvalue weighted by Crippen LogP contribution is 2.45. The summed E-state index contributed by atoms with van der Waals surface area (Å²) in [5.74, 6) is 0. The van der Waals surface area contributed by atoms with Crippen molar-refractivity contribution in [3.63, 3.8) is 0 Å². The quantitative estimate of drug-likeness (QED) is 0.750. The van der Waals surface area contributed by atoms with Crippen LogP contribution in [0.2, 0.25) is 5.02 Å². The van der Waals surface area contributed by atoms with E-state index >= 15 is 0 Å². The van der Waals surface area contributed by atoms with Crippen LogP contribution in [0.5, 0.6) is 0 Å². The van der Waals surface area contributed by atoms with Crippen LogP contribution in [0.25, 0.3) is 0 Å². The number of hydrogen-bond acceptors (Lipinski definition) is 3. The first-order chi connectivity index (χ1) is 7.31. The Morgan fingerprint density at radius 1 is 1.33 bits per heavy atom. The van der Waals surface area contributed by atoms with Gasteiger partial charge < -0.3 is 4.74 Å². The maximum atomic E-state index is 5.85. The SMILES string of the molecule is Clc1ccc(C2(c3nccs3)CO2)cc1. The van der Waals surface area contributed by atoms with Crippen molar-refractivity contribution in [2.24, 2.45) is 0 Å². The highest BCUT2D eigenvalue weighted by atomic mass is 35.5. The van der Waals surface area contributed by atoms with Gasteiger partial charge in [0.05, 0.1) is 6.61 Å². The van der Waals surface area contributed by atoms with Crippen LogP contribution >= 0.6 is 22.9 Å². The summed E-state index contributed by atoms with van der Waals surface area (Å²) in [6.45, 7) is 0.710. The van der Waals surface area contributed by atoms with Crippen molar-refractivity contribution < 1.29 is 4.74 Å². The first kappa shape index (κ1) is 9.33. The lowest BCUT2D eigenvalue weighted by Gasteiger charge is -2.08. The Balaban J connectivity index is 2.04. The maximum Gasteiger partial charge on any atom is 0.168 e. The standard InChI is InChI=1S/C11H8ClNOS/c12-9-3-1-8(2-4-9)11(7-14-11)10-13-5-6-15-10/h1-6H,7H2. The molecule has 2 nitrogen and oxygen atoms in total. The zero-order chi connectivity index (χ0) is 10.3. The zero-order valence-corrected chi connectivity index (χ0v) is 9.39. The molecule has 1 aliphatic heterocycles. The van der Waals surface area contributed by atoms with Gasteiger partial charge in [0.15, 0.2) is 5.60 Å². The average Bonchev–Trinajstić information content (AvgIpc) is 2.88. The third-order valence-corrected chi connectivity index (χ3v) is 3.69. The van der Waals surface area contributed by atoms with Gasteiger partial charge in [-0.25, -0.2) is 4.98 Å². The third-order valence-electron chi connectivity index (χ3n) is 2.52. The fourth-order valence-electron chi connectivity index (χ4n) is 1.63. The van der Waals surface area contributed by atoms with E-state index in [9.17, 15) is 0 Å². The van der Waals surface area contributed by atoms with Gasteiger partial charge in [-0.05, 0) is 17.7 Å². The molecule has 0 saturated carbocycles. The fourth-order valence-corrected chi connectivity index (χ4v) is 2.55. The Morgan fingerprint density at radius 2 is 2.07 bits per heavy atom. The van der Waals surface area contributed by atoms with Gasteiger partial charge in [0.25, 0.3) is 0 Å². The number of hydrogen-bond donors (Lipinski definition) is 0. The van der Waals surface area contributed by atoms with Gasteiger partial charge >= 0.3 is 0 Å². The van der Waals surface area contributed by atoms with Crippen LogP contribution in [0.15, 0.2) is 35.8 Å². The predicted octanol–water partition coefficient (Wildman–Crippen LogP) is 3.07. The van der Waals surface area contributed by atoms with Crippen molar-refractivity contribution in [3.8, 4) is 0 Å². The van der Waals surface area contributed by atoms with Crippen LogP contribution in [0.4, 0.5) is 0 Å². The summed E-state index contributed by atoms with van der Waals surface area (Å²) in [6, 6.07) is 7.76. The second kappa shape index (κ2) is 3.30. The zero-order valence-electron chi connectivity index (χ0n) is 7.81. The van der Waals surface area contributed by atoms with Crippen LogP contribution < -0.4 is 0 Å². The molecule has 1 aromatic heterocycles. The van der Waals surface area contributed by atoms with Crippen molar-refractivity contribution in [1.29, 1.82) is 0 Å². The third kappa shape index (κ3) is 1.47.